The lowest BCUT2D eigenvalue weighted by atomic mass is 10.2. The Morgan fingerprint density at radius 3 is 2.54 bits per heavy atom. The van der Waals surface area contributed by atoms with Crippen molar-refractivity contribution >= 4 is 38.3 Å². The summed E-state index contributed by atoms with van der Waals surface area (Å²) < 4.78 is 34.5. The van der Waals surface area contributed by atoms with Crippen LogP contribution in [0.3, 0.4) is 0 Å². The van der Waals surface area contributed by atoms with Crippen LogP contribution >= 0.6 is 0 Å². The van der Waals surface area contributed by atoms with E-state index in [1.165, 1.54) is 21.1 Å². The van der Waals surface area contributed by atoms with Crippen molar-refractivity contribution in [2.45, 2.75) is 24.3 Å². The second-order valence-electron chi connectivity index (χ2n) is 8.61. The van der Waals surface area contributed by atoms with Crippen LogP contribution < -0.4 is 15.8 Å². The first-order valence-electron chi connectivity index (χ1n) is 11.6. The van der Waals surface area contributed by atoms with E-state index in [0.717, 1.165) is 31.6 Å². The molecule has 10 nitrogen and oxygen atoms in total. The zero-order chi connectivity index (χ0) is 24.4. The van der Waals surface area contributed by atoms with Crippen LogP contribution in [0.1, 0.15) is 12.8 Å². The third-order valence-electron chi connectivity index (χ3n) is 6.35. The third kappa shape index (κ3) is 4.79. The average molecular weight is 498 g/mol. The lowest BCUT2D eigenvalue weighted by molar-refractivity contribution is -0.116. The molecule has 0 radical (unpaired) electrons. The van der Waals surface area contributed by atoms with E-state index in [2.05, 4.69) is 15.2 Å². The number of carbonyl (C=O) groups excluding carboxylic acids is 1. The lowest BCUT2D eigenvalue weighted by Crippen LogP contribution is -2.40. The molecular formula is C24H27N5O5S. The summed E-state index contributed by atoms with van der Waals surface area (Å²) in [6, 6.07) is 12.0. The van der Waals surface area contributed by atoms with Crippen molar-refractivity contribution in [3.05, 3.63) is 59.0 Å². The summed E-state index contributed by atoms with van der Waals surface area (Å²) in [5.41, 5.74) is 1.96. The van der Waals surface area contributed by atoms with Crippen molar-refractivity contribution < 1.29 is 17.9 Å². The van der Waals surface area contributed by atoms with Gasteiger partial charge in [0, 0.05) is 26.2 Å². The SMILES string of the molecule is O=C(Cn1c(=O)cnc2ccccc21)Nc1cc(S(=O)(=O)N2CCOCC2)ccc1N1CCCC1. The molecule has 0 atom stereocenters. The van der Waals surface area contributed by atoms with E-state index < -0.39 is 15.9 Å². The van der Waals surface area contributed by atoms with Crippen molar-refractivity contribution in [3.8, 4) is 0 Å². The van der Waals surface area contributed by atoms with Crippen LogP contribution in [-0.2, 0) is 26.1 Å². The van der Waals surface area contributed by atoms with Gasteiger partial charge in [0.05, 0.1) is 46.7 Å². The molecule has 2 aromatic carbocycles. The fourth-order valence-electron chi connectivity index (χ4n) is 4.56. The summed E-state index contributed by atoms with van der Waals surface area (Å²) in [7, 11) is -3.73. The molecule has 1 aromatic heterocycles. The minimum Gasteiger partial charge on any atom is -0.379 e. The standard InChI is InChI=1S/C24H27N5O5S/c30-23(17-29-22-6-2-1-5-19(22)25-16-24(29)31)26-20-15-18(7-8-21(20)27-9-3-4-10-27)35(32,33)28-11-13-34-14-12-28/h1-2,5-8,15-16H,3-4,9-14,17H2,(H,26,30). The molecule has 2 fully saturated rings. The van der Waals surface area contributed by atoms with Crippen molar-refractivity contribution in [1.82, 2.24) is 13.9 Å². The number of sulfonamides is 1. The van der Waals surface area contributed by atoms with Crippen molar-refractivity contribution in [2.75, 3.05) is 49.6 Å². The molecule has 3 heterocycles. The minimum absolute atomic E-state index is 0.115. The zero-order valence-electron chi connectivity index (χ0n) is 19.2. The molecule has 3 aromatic rings. The highest BCUT2D eigenvalue weighted by Crippen LogP contribution is 2.32. The maximum absolute atomic E-state index is 13.2. The molecule has 35 heavy (non-hydrogen) atoms. The van der Waals surface area contributed by atoms with Crippen molar-refractivity contribution in [2.24, 2.45) is 0 Å². The smallest absolute Gasteiger partial charge is 0.269 e. The molecule has 11 heteroatoms. The van der Waals surface area contributed by atoms with E-state index in [9.17, 15) is 18.0 Å². The van der Waals surface area contributed by atoms with Crippen molar-refractivity contribution in [3.63, 3.8) is 0 Å². The first-order chi connectivity index (χ1) is 16.9. The van der Waals surface area contributed by atoms with E-state index in [0.29, 0.717) is 29.9 Å². The normalized spacial score (nSPS) is 17.1. The maximum Gasteiger partial charge on any atom is 0.269 e. The van der Waals surface area contributed by atoms with Gasteiger partial charge in [-0.25, -0.2) is 13.4 Å². The number of hydrogen-bond acceptors (Lipinski definition) is 7. The number of ether oxygens (including phenoxy) is 1. The number of anilines is 2. The molecule has 0 saturated carbocycles. The molecule has 2 saturated heterocycles. The largest absolute Gasteiger partial charge is 0.379 e. The molecular weight excluding hydrogens is 470 g/mol. The fraction of sp³-hybridized carbons (Fsp3) is 0.375. The Kier molecular flexibility index (Phi) is 6.54. The molecule has 0 unspecified atom stereocenters. The molecule has 0 spiro atoms. The first kappa shape index (κ1) is 23.5. The van der Waals surface area contributed by atoms with Crippen LogP contribution in [0, 0.1) is 0 Å². The van der Waals surface area contributed by atoms with Gasteiger partial charge in [0.2, 0.25) is 15.9 Å². The van der Waals surface area contributed by atoms with Crippen LogP contribution in [0.4, 0.5) is 11.4 Å². The fourth-order valence-corrected chi connectivity index (χ4v) is 5.99. The highest BCUT2D eigenvalue weighted by Gasteiger charge is 2.28. The second kappa shape index (κ2) is 9.76. The number of aromatic nitrogens is 2. The Morgan fingerprint density at radius 2 is 1.77 bits per heavy atom. The summed E-state index contributed by atoms with van der Waals surface area (Å²) in [5.74, 6) is -0.426. The summed E-state index contributed by atoms with van der Waals surface area (Å²) in [6.45, 7) is 2.71. The van der Waals surface area contributed by atoms with Crippen molar-refractivity contribution in [1.29, 1.82) is 0 Å². The number of carbonyl (C=O) groups is 1. The molecule has 1 N–H and O–H groups in total. The Labute approximate surface area is 203 Å². The summed E-state index contributed by atoms with van der Waals surface area (Å²) in [4.78, 5) is 32.0. The van der Waals surface area contributed by atoms with E-state index in [-0.39, 0.29) is 30.1 Å². The third-order valence-corrected chi connectivity index (χ3v) is 8.25. The molecule has 2 aliphatic rings. The van der Waals surface area contributed by atoms with Gasteiger partial charge in [-0.15, -0.1) is 0 Å². The van der Waals surface area contributed by atoms with Gasteiger partial charge < -0.3 is 15.0 Å². The van der Waals surface area contributed by atoms with Gasteiger partial charge in [0.15, 0.2) is 0 Å². The number of hydrogen-bond donors (Lipinski definition) is 1. The van der Waals surface area contributed by atoms with E-state index in [4.69, 9.17) is 4.74 Å². The Balaban J connectivity index is 1.47. The zero-order valence-corrected chi connectivity index (χ0v) is 20.0. The van der Waals surface area contributed by atoms with Gasteiger partial charge in [0.25, 0.3) is 5.56 Å². The number of para-hydroxylation sites is 2. The molecule has 2 aliphatic heterocycles. The highest BCUT2D eigenvalue weighted by atomic mass is 32.2. The van der Waals surface area contributed by atoms with E-state index in [1.807, 2.05) is 6.07 Å². The van der Waals surface area contributed by atoms with Gasteiger partial charge >= 0.3 is 0 Å². The lowest BCUT2D eigenvalue weighted by Gasteiger charge is -2.27. The minimum atomic E-state index is -3.73. The number of amides is 1. The predicted octanol–water partition coefficient (Wildman–Crippen LogP) is 1.66. The highest BCUT2D eigenvalue weighted by molar-refractivity contribution is 7.89. The number of fused-ring (bicyclic) bond motifs is 1. The van der Waals surface area contributed by atoms with Gasteiger partial charge in [-0.2, -0.15) is 4.31 Å². The van der Waals surface area contributed by atoms with Gasteiger partial charge in [-0.1, -0.05) is 12.1 Å². The second-order valence-corrected chi connectivity index (χ2v) is 10.5. The van der Waals surface area contributed by atoms with Gasteiger partial charge in [0.1, 0.15) is 6.54 Å². The Morgan fingerprint density at radius 1 is 1.03 bits per heavy atom. The number of morpholine rings is 1. The number of rotatable bonds is 6. The monoisotopic (exact) mass is 497 g/mol. The van der Waals surface area contributed by atoms with Gasteiger partial charge in [-0.3, -0.25) is 14.2 Å². The summed E-state index contributed by atoms with van der Waals surface area (Å²) in [6.07, 6.45) is 3.25. The molecule has 0 bridgehead atoms. The maximum atomic E-state index is 13.2. The van der Waals surface area contributed by atoms with Crippen LogP contribution in [0.15, 0.2) is 58.4 Å². The van der Waals surface area contributed by atoms with Crippen LogP contribution in [0.2, 0.25) is 0 Å². The average Bonchev–Trinajstić information content (AvgIpc) is 3.41. The first-order valence-corrected chi connectivity index (χ1v) is 13.1. The summed E-state index contributed by atoms with van der Waals surface area (Å²) >= 11 is 0. The Bertz CT molecular complexity index is 1410. The van der Waals surface area contributed by atoms with E-state index >= 15 is 0 Å². The molecule has 0 aliphatic carbocycles. The van der Waals surface area contributed by atoms with Crippen LogP contribution in [0.5, 0.6) is 0 Å². The summed E-state index contributed by atoms with van der Waals surface area (Å²) in [5, 5.41) is 2.87. The molecule has 184 valence electrons. The van der Waals surface area contributed by atoms with Crippen LogP contribution in [0.25, 0.3) is 11.0 Å². The van der Waals surface area contributed by atoms with E-state index in [1.54, 1.807) is 30.3 Å². The number of benzene rings is 2. The topological polar surface area (TPSA) is 114 Å². The Hall–Kier alpha value is -3.28. The predicted molar refractivity (Wildman–Crippen MR) is 132 cm³/mol. The van der Waals surface area contributed by atoms with Gasteiger partial charge in [-0.05, 0) is 43.2 Å². The molecule has 1 amide bonds. The number of nitrogens with one attached hydrogen (secondary N) is 1. The molecule has 5 rings (SSSR count). The van der Waals surface area contributed by atoms with Crippen LogP contribution in [-0.4, -0.2) is 67.6 Å². The number of nitrogens with zero attached hydrogens (tertiary/aromatic N) is 4. The quantitative estimate of drug-likeness (QED) is 0.551.